The molecule has 1 atom stereocenters. The predicted octanol–water partition coefficient (Wildman–Crippen LogP) is 1.78. The summed E-state index contributed by atoms with van der Waals surface area (Å²) >= 11 is 0. The van der Waals surface area contributed by atoms with Gasteiger partial charge in [-0.05, 0) is 36.5 Å². The molecule has 1 unspecified atom stereocenters. The molecule has 15 heavy (non-hydrogen) atoms. The van der Waals surface area contributed by atoms with E-state index >= 15 is 0 Å². The first-order chi connectivity index (χ1) is 7.25. The third kappa shape index (κ3) is 2.49. The Morgan fingerprint density at radius 1 is 1.20 bits per heavy atom. The summed E-state index contributed by atoms with van der Waals surface area (Å²) in [5.41, 5.74) is 1.21. The fourth-order valence-electron chi connectivity index (χ4n) is 2.00. The first kappa shape index (κ1) is 10.0. The van der Waals surface area contributed by atoms with Crippen molar-refractivity contribution in [2.24, 2.45) is 0 Å². The minimum Gasteiger partial charge on any atom is -0.508 e. The molecular weight excluding hydrogens is 190 g/mol. The summed E-state index contributed by atoms with van der Waals surface area (Å²) in [5, 5.41) is 12.1. The van der Waals surface area contributed by atoms with Crippen molar-refractivity contribution in [3.63, 3.8) is 0 Å². The Hall–Kier alpha value is -1.51. The van der Waals surface area contributed by atoms with E-state index in [-0.39, 0.29) is 5.91 Å². The quantitative estimate of drug-likeness (QED) is 0.734. The highest BCUT2D eigenvalue weighted by atomic mass is 16.3. The number of rotatable bonds is 1. The highest BCUT2D eigenvalue weighted by Crippen LogP contribution is 2.27. The van der Waals surface area contributed by atoms with Gasteiger partial charge in [0, 0.05) is 13.0 Å². The molecular formula is C12H15NO2. The van der Waals surface area contributed by atoms with Crippen LogP contribution < -0.4 is 5.32 Å². The van der Waals surface area contributed by atoms with Gasteiger partial charge in [-0.25, -0.2) is 0 Å². The smallest absolute Gasteiger partial charge is 0.220 e. The lowest BCUT2D eigenvalue weighted by atomic mass is 9.92. The molecule has 0 saturated carbocycles. The van der Waals surface area contributed by atoms with Crippen LogP contribution in [0.1, 0.15) is 30.7 Å². The van der Waals surface area contributed by atoms with E-state index in [1.54, 1.807) is 12.1 Å². The van der Waals surface area contributed by atoms with Gasteiger partial charge in [0.2, 0.25) is 5.91 Å². The van der Waals surface area contributed by atoms with Gasteiger partial charge in [-0.2, -0.15) is 0 Å². The Labute approximate surface area is 89.1 Å². The van der Waals surface area contributed by atoms with Gasteiger partial charge in [0.25, 0.3) is 0 Å². The second-order valence-electron chi connectivity index (χ2n) is 3.97. The molecule has 3 nitrogen and oxygen atoms in total. The van der Waals surface area contributed by atoms with E-state index in [9.17, 15) is 9.90 Å². The number of nitrogens with one attached hydrogen (secondary N) is 1. The van der Waals surface area contributed by atoms with Crippen LogP contribution in [-0.4, -0.2) is 17.6 Å². The lowest BCUT2D eigenvalue weighted by Gasteiger charge is -2.13. The van der Waals surface area contributed by atoms with Crippen LogP contribution >= 0.6 is 0 Å². The van der Waals surface area contributed by atoms with E-state index in [0.29, 0.717) is 18.1 Å². The van der Waals surface area contributed by atoms with Crippen molar-refractivity contribution in [1.29, 1.82) is 0 Å². The van der Waals surface area contributed by atoms with E-state index in [1.165, 1.54) is 5.56 Å². The summed E-state index contributed by atoms with van der Waals surface area (Å²) in [4.78, 5) is 11.2. The van der Waals surface area contributed by atoms with Gasteiger partial charge < -0.3 is 10.4 Å². The third-order valence-corrected chi connectivity index (χ3v) is 2.90. The molecule has 0 aromatic heterocycles. The molecule has 2 rings (SSSR count). The number of carbonyl (C=O) groups is 1. The standard InChI is InChI=1S/C12H15NO2/c14-11-4-1-9(2-5-11)10-3-6-12(15)13-8-7-10/h1-2,4-5,10,14H,3,6-8H2,(H,13,15). The van der Waals surface area contributed by atoms with Gasteiger partial charge in [-0.1, -0.05) is 12.1 Å². The Kier molecular flexibility index (Phi) is 2.90. The first-order valence-corrected chi connectivity index (χ1v) is 5.31. The zero-order valence-electron chi connectivity index (χ0n) is 8.57. The Balaban J connectivity index is 2.09. The number of amides is 1. The molecule has 0 radical (unpaired) electrons. The number of hydrogen-bond donors (Lipinski definition) is 2. The summed E-state index contributed by atoms with van der Waals surface area (Å²) < 4.78 is 0. The van der Waals surface area contributed by atoms with Crippen LogP contribution in [-0.2, 0) is 4.79 Å². The zero-order chi connectivity index (χ0) is 10.7. The summed E-state index contributed by atoms with van der Waals surface area (Å²) in [6.45, 7) is 0.754. The number of aromatic hydroxyl groups is 1. The monoisotopic (exact) mass is 205 g/mol. The SMILES string of the molecule is O=C1CCC(c2ccc(O)cc2)CCN1. The maximum Gasteiger partial charge on any atom is 0.220 e. The number of benzene rings is 1. The lowest BCUT2D eigenvalue weighted by molar-refractivity contribution is -0.120. The maximum atomic E-state index is 11.2. The van der Waals surface area contributed by atoms with E-state index in [1.807, 2.05) is 12.1 Å². The summed E-state index contributed by atoms with van der Waals surface area (Å²) in [6, 6.07) is 7.29. The van der Waals surface area contributed by atoms with Crippen LogP contribution in [0.5, 0.6) is 5.75 Å². The molecule has 1 heterocycles. The number of hydrogen-bond acceptors (Lipinski definition) is 2. The topological polar surface area (TPSA) is 49.3 Å². The minimum atomic E-state index is 0.149. The first-order valence-electron chi connectivity index (χ1n) is 5.31. The average Bonchev–Trinajstić information content (AvgIpc) is 2.44. The fourth-order valence-corrected chi connectivity index (χ4v) is 2.00. The van der Waals surface area contributed by atoms with Gasteiger partial charge >= 0.3 is 0 Å². The molecule has 0 aliphatic carbocycles. The van der Waals surface area contributed by atoms with E-state index < -0.39 is 0 Å². The van der Waals surface area contributed by atoms with Gasteiger partial charge in [0.1, 0.15) is 5.75 Å². The maximum absolute atomic E-state index is 11.2. The van der Waals surface area contributed by atoms with Crippen molar-refractivity contribution < 1.29 is 9.90 Å². The molecule has 2 N–H and O–H groups in total. The largest absolute Gasteiger partial charge is 0.508 e. The minimum absolute atomic E-state index is 0.149. The molecule has 1 amide bonds. The van der Waals surface area contributed by atoms with Crippen LogP contribution in [0.2, 0.25) is 0 Å². The summed E-state index contributed by atoms with van der Waals surface area (Å²) in [5.74, 6) is 0.877. The third-order valence-electron chi connectivity index (χ3n) is 2.90. The Morgan fingerprint density at radius 2 is 1.93 bits per heavy atom. The Bertz CT molecular complexity index is 345. The predicted molar refractivity (Wildman–Crippen MR) is 57.7 cm³/mol. The van der Waals surface area contributed by atoms with Crippen molar-refractivity contribution >= 4 is 5.91 Å². The van der Waals surface area contributed by atoms with Crippen LogP contribution in [0, 0.1) is 0 Å². The van der Waals surface area contributed by atoms with E-state index in [4.69, 9.17) is 0 Å². The number of phenolic OH excluding ortho intramolecular Hbond substituents is 1. The van der Waals surface area contributed by atoms with Crippen molar-refractivity contribution in [3.05, 3.63) is 29.8 Å². The van der Waals surface area contributed by atoms with Gasteiger partial charge in [0.15, 0.2) is 0 Å². The van der Waals surface area contributed by atoms with Crippen LogP contribution in [0.4, 0.5) is 0 Å². The van der Waals surface area contributed by atoms with Crippen LogP contribution in [0.25, 0.3) is 0 Å². The van der Waals surface area contributed by atoms with Crippen molar-refractivity contribution in [2.45, 2.75) is 25.2 Å². The lowest BCUT2D eigenvalue weighted by Crippen LogP contribution is -2.21. The molecule has 1 aromatic carbocycles. The number of carbonyl (C=O) groups excluding carboxylic acids is 1. The van der Waals surface area contributed by atoms with Crippen LogP contribution in [0.3, 0.4) is 0 Å². The molecule has 1 aliphatic rings. The summed E-state index contributed by atoms with van der Waals surface area (Å²) in [7, 11) is 0. The molecule has 1 saturated heterocycles. The second kappa shape index (κ2) is 4.34. The average molecular weight is 205 g/mol. The zero-order valence-corrected chi connectivity index (χ0v) is 8.57. The number of phenols is 1. The second-order valence-corrected chi connectivity index (χ2v) is 3.97. The van der Waals surface area contributed by atoms with Gasteiger partial charge in [-0.15, -0.1) is 0 Å². The molecule has 0 spiro atoms. The normalized spacial score (nSPS) is 21.9. The van der Waals surface area contributed by atoms with Crippen molar-refractivity contribution in [3.8, 4) is 5.75 Å². The molecule has 1 aliphatic heterocycles. The Morgan fingerprint density at radius 3 is 2.67 bits per heavy atom. The molecule has 1 aromatic rings. The van der Waals surface area contributed by atoms with Gasteiger partial charge in [0.05, 0.1) is 0 Å². The highest BCUT2D eigenvalue weighted by molar-refractivity contribution is 5.76. The molecule has 0 bridgehead atoms. The highest BCUT2D eigenvalue weighted by Gasteiger charge is 2.17. The molecule has 1 fully saturated rings. The van der Waals surface area contributed by atoms with E-state index in [2.05, 4.69) is 5.32 Å². The molecule has 80 valence electrons. The van der Waals surface area contributed by atoms with Crippen molar-refractivity contribution in [1.82, 2.24) is 5.32 Å². The fraction of sp³-hybridized carbons (Fsp3) is 0.417. The molecule has 3 heteroatoms. The van der Waals surface area contributed by atoms with Gasteiger partial charge in [-0.3, -0.25) is 4.79 Å². The van der Waals surface area contributed by atoms with Crippen molar-refractivity contribution in [2.75, 3.05) is 6.54 Å². The van der Waals surface area contributed by atoms with Crippen LogP contribution in [0.15, 0.2) is 24.3 Å². The van der Waals surface area contributed by atoms with E-state index in [0.717, 1.165) is 19.4 Å². The summed E-state index contributed by atoms with van der Waals surface area (Å²) in [6.07, 6.45) is 2.48.